The average Bonchev–Trinajstić information content (AvgIpc) is 3.44. The summed E-state index contributed by atoms with van der Waals surface area (Å²) in [5, 5.41) is 0. The second kappa shape index (κ2) is 13.7. The molecule has 1 unspecified atom stereocenters. The van der Waals surface area contributed by atoms with Gasteiger partial charge in [-0.1, -0.05) is 0 Å². The van der Waals surface area contributed by atoms with E-state index in [0.29, 0.717) is 12.4 Å². The van der Waals surface area contributed by atoms with Gasteiger partial charge in [0.2, 0.25) is 0 Å². The Balaban J connectivity index is 2.67. The van der Waals surface area contributed by atoms with Crippen LogP contribution in [0.15, 0.2) is 6.20 Å². The van der Waals surface area contributed by atoms with Gasteiger partial charge in [0.15, 0.2) is 0 Å². The second-order valence-electron chi connectivity index (χ2n) is 12.7. The van der Waals surface area contributed by atoms with Gasteiger partial charge >= 0.3 is 231 Å². The van der Waals surface area contributed by atoms with Crippen LogP contribution in [0.2, 0.25) is 13.3 Å². The number of ether oxygens (including phenoxy) is 2. The summed E-state index contributed by atoms with van der Waals surface area (Å²) in [4.78, 5) is 33.7. The Bertz CT molecular complexity index is 863. The average molecular weight is 626 g/mol. The summed E-state index contributed by atoms with van der Waals surface area (Å²) < 4.78 is 18.4. The van der Waals surface area contributed by atoms with E-state index in [1.807, 2.05) is 52.3 Å². The zero-order chi connectivity index (χ0) is 27.9. The van der Waals surface area contributed by atoms with Crippen LogP contribution in [0.3, 0.4) is 0 Å². The first-order valence-corrected chi connectivity index (χ1v) is 22.1. The van der Waals surface area contributed by atoms with Crippen molar-refractivity contribution in [1.29, 1.82) is 0 Å². The van der Waals surface area contributed by atoms with Crippen molar-refractivity contribution in [2.45, 2.75) is 144 Å². The van der Waals surface area contributed by atoms with E-state index in [1.54, 1.807) is 4.90 Å². The van der Waals surface area contributed by atoms with Crippen LogP contribution in [0, 0.1) is 0 Å². The standard InChI is InChI=1S/C17H26N3O4.3C4H9.Sn/c1-16(2,3)23-14(21)19-10-7-8-12(19)13-18-9-11-20(13)15(22)24-17(4,5)6;3*1-3-4-2;/h9,12H,7-8,10H2,1-6H3;3*1,3-4H2,2H3;. The molecular formula is C29H53N3O4Sn. The number of imidazole rings is 1. The molecule has 1 atom stereocenters. The van der Waals surface area contributed by atoms with E-state index in [9.17, 15) is 9.59 Å². The van der Waals surface area contributed by atoms with Gasteiger partial charge in [0, 0.05) is 0 Å². The third kappa shape index (κ3) is 8.89. The van der Waals surface area contributed by atoms with Gasteiger partial charge < -0.3 is 0 Å². The summed E-state index contributed by atoms with van der Waals surface area (Å²) in [5.74, 6) is 0.651. The van der Waals surface area contributed by atoms with Crippen LogP contribution in [0.1, 0.15) is 126 Å². The van der Waals surface area contributed by atoms with Gasteiger partial charge in [-0.05, 0) is 0 Å². The molecule has 0 aliphatic carbocycles. The van der Waals surface area contributed by atoms with Gasteiger partial charge in [0.1, 0.15) is 0 Å². The van der Waals surface area contributed by atoms with Gasteiger partial charge in [-0.15, -0.1) is 0 Å². The van der Waals surface area contributed by atoms with Crippen molar-refractivity contribution < 1.29 is 19.1 Å². The SMILES string of the molecule is CCC[CH2][Sn]([CH2]CCC)([CH2]CCC)[c]1cnc(C2CCCN2C(=O)OC(C)(C)C)n1C(=O)OC(C)(C)C. The van der Waals surface area contributed by atoms with E-state index in [1.165, 1.54) is 32.6 Å². The molecule has 1 fully saturated rings. The number of likely N-dealkylation sites (tertiary alicyclic amines) is 1. The van der Waals surface area contributed by atoms with Gasteiger partial charge in [0.05, 0.1) is 0 Å². The molecule has 1 aromatic heterocycles. The quantitative estimate of drug-likeness (QED) is 0.235. The second-order valence-corrected chi connectivity index (χ2v) is 25.8. The van der Waals surface area contributed by atoms with Crippen LogP contribution in [0.4, 0.5) is 9.59 Å². The van der Waals surface area contributed by atoms with Gasteiger partial charge in [-0.2, -0.15) is 0 Å². The van der Waals surface area contributed by atoms with E-state index in [2.05, 4.69) is 20.8 Å². The Morgan fingerprint density at radius 1 is 0.892 bits per heavy atom. The molecule has 0 radical (unpaired) electrons. The van der Waals surface area contributed by atoms with E-state index in [0.717, 1.165) is 35.8 Å². The van der Waals surface area contributed by atoms with Gasteiger partial charge in [0.25, 0.3) is 0 Å². The molecule has 1 amide bonds. The summed E-state index contributed by atoms with van der Waals surface area (Å²) in [6, 6.07) is -0.288. The first kappa shape index (κ1) is 32.0. The van der Waals surface area contributed by atoms with Crippen molar-refractivity contribution in [3.05, 3.63) is 12.0 Å². The minimum atomic E-state index is -3.05. The normalized spacial score (nSPS) is 16.8. The molecule has 0 spiro atoms. The third-order valence-corrected chi connectivity index (χ3v) is 22.4. The fourth-order valence-corrected chi connectivity index (χ4v) is 21.4. The molecule has 37 heavy (non-hydrogen) atoms. The summed E-state index contributed by atoms with van der Waals surface area (Å²) in [7, 11) is 0. The fourth-order valence-electron chi connectivity index (χ4n) is 5.35. The topological polar surface area (TPSA) is 73.7 Å². The third-order valence-electron chi connectivity index (χ3n) is 7.11. The molecule has 0 N–H and O–H groups in total. The molecule has 212 valence electrons. The number of rotatable bonds is 11. The molecule has 0 bridgehead atoms. The number of hydrogen-bond acceptors (Lipinski definition) is 5. The molecule has 2 rings (SSSR count). The Hall–Kier alpha value is -1.25. The van der Waals surface area contributed by atoms with E-state index in [4.69, 9.17) is 14.5 Å². The van der Waals surface area contributed by atoms with E-state index in [-0.39, 0.29) is 18.2 Å². The molecule has 7 nitrogen and oxygen atoms in total. The van der Waals surface area contributed by atoms with Crippen LogP contribution < -0.4 is 3.71 Å². The Morgan fingerprint density at radius 2 is 1.38 bits per heavy atom. The number of aromatic nitrogens is 2. The Morgan fingerprint density at radius 3 is 1.84 bits per heavy atom. The van der Waals surface area contributed by atoms with Crippen molar-refractivity contribution in [3.8, 4) is 0 Å². The van der Waals surface area contributed by atoms with Crippen molar-refractivity contribution in [1.82, 2.24) is 14.5 Å². The monoisotopic (exact) mass is 627 g/mol. The summed E-state index contributed by atoms with van der Waals surface area (Å²) in [6.07, 6.45) is 9.95. The number of unbranched alkanes of at least 4 members (excludes halogenated alkanes) is 3. The molecule has 1 aliphatic heterocycles. The molecule has 8 heteroatoms. The molecule has 1 aliphatic rings. The molecule has 0 saturated carbocycles. The molecule has 1 saturated heterocycles. The van der Waals surface area contributed by atoms with E-state index >= 15 is 0 Å². The maximum absolute atomic E-state index is 13.9. The zero-order valence-electron chi connectivity index (χ0n) is 25.1. The van der Waals surface area contributed by atoms with Crippen LogP contribution in [-0.2, 0) is 9.47 Å². The first-order chi connectivity index (χ1) is 17.3. The van der Waals surface area contributed by atoms with Crippen LogP contribution in [0.25, 0.3) is 0 Å². The molecule has 2 heterocycles. The van der Waals surface area contributed by atoms with Crippen LogP contribution in [-0.4, -0.2) is 62.8 Å². The summed E-state index contributed by atoms with van der Waals surface area (Å²) >= 11 is -3.05. The maximum atomic E-state index is 13.9. The number of nitrogens with zero attached hydrogens (tertiary/aromatic N) is 3. The number of carbonyl (C=O) groups is 2. The summed E-state index contributed by atoms with van der Waals surface area (Å²) in [5.41, 5.74) is -1.20. The molecule has 1 aromatic rings. The van der Waals surface area contributed by atoms with Crippen LogP contribution >= 0.6 is 0 Å². The molecule has 0 aromatic carbocycles. The van der Waals surface area contributed by atoms with Gasteiger partial charge in [-0.25, -0.2) is 0 Å². The van der Waals surface area contributed by atoms with Gasteiger partial charge in [-0.3, -0.25) is 0 Å². The first-order valence-electron chi connectivity index (χ1n) is 14.6. The fraction of sp³-hybridized carbons (Fsp3) is 0.828. The van der Waals surface area contributed by atoms with Crippen LogP contribution in [0.5, 0.6) is 0 Å². The van der Waals surface area contributed by atoms with Crippen molar-refractivity contribution in [2.75, 3.05) is 6.54 Å². The van der Waals surface area contributed by atoms with Crippen molar-refractivity contribution in [3.63, 3.8) is 0 Å². The number of amides is 1. The predicted octanol–water partition coefficient (Wildman–Crippen LogP) is 7.79. The van der Waals surface area contributed by atoms with E-state index < -0.39 is 29.6 Å². The minimum absolute atomic E-state index is 0.288. The molecular weight excluding hydrogens is 573 g/mol. The zero-order valence-corrected chi connectivity index (χ0v) is 28.0. The predicted molar refractivity (Wildman–Crippen MR) is 153 cm³/mol. The number of hydrogen-bond donors (Lipinski definition) is 0. The summed E-state index contributed by atoms with van der Waals surface area (Å²) in [6.45, 7) is 18.7. The Labute approximate surface area is 229 Å². The van der Waals surface area contributed by atoms with Crippen molar-refractivity contribution >= 4 is 34.3 Å². The number of carbonyl (C=O) groups excluding carboxylic acids is 2. The van der Waals surface area contributed by atoms with Crippen molar-refractivity contribution in [2.24, 2.45) is 0 Å². The Kier molecular flexibility index (Phi) is 11.8.